The number of thioether (sulfide) groups is 2. The van der Waals surface area contributed by atoms with Crippen LogP contribution in [0.5, 0.6) is 0 Å². The molecule has 14 heavy (non-hydrogen) atoms. The van der Waals surface area contributed by atoms with Crippen molar-refractivity contribution in [2.24, 2.45) is 0 Å². The standard InChI is InChI=1S/C9H17NO2S2/c11-9(12)2-1-3-10-6-8-7-13-4-5-14-8/h8,10H,1-7H2,(H,11,12). The van der Waals surface area contributed by atoms with Crippen LogP contribution in [0.15, 0.2) is 0 Å². The topological polar surface area (TPSA) is 49.3 Å². The van der Waals surface area contributed by atoms with Gasteiger partial charge in [0.15, 0.2) is 0 Å². The van der Waals surface area contributed by atoms with Crippen molar-refractivity contribution >= 4 is 29.5 Å². The van der Waals surface area contributed by atoms with Gasteiger partial charge < -0.3 is 10.4 Å². The maximum absolute atomic E-state index is 10.2. The van der Waals surface area contributed by atoms with Crippen LogP contribution in [0, 0.1) is 0 Å². The second-order valence-electron chi connectivity index (χ2n) is 3.27. The molecule has 0 saturated carbocycles. The lowest BCUT2D eigenvalue weighted by molar-refractivity contribution is -0.137. The van der Waals surface area contributed by atoms with E-state index >= 15 is 0 Å². The molecule has 82 valence electrons. The van der Waals surface area contributed by atoms with E-state index in [0.29, 0.717) is 0 Å². The van der Waals surface area contributed by atoms with Gasteiger partial charge in [0.05, 0.1) is 0 Å². The third-order valence-corrected chi connectivity index (χ3v) is 4.85. The Balaban J connectivity index is 1.90. The van der Waals surface area contributed by atoms with Crippen molar-refractivity contribution in [1.82, 2.24) is 5.32 Å². The van der Waals surface area contributed by atoms with Gasteiger partial charge in [0, 0.05) is 35.5 Å². The van der Waals surface area contributed by atoms with Gasteiger partial charge in [0.2, 0.25) is 0 Å². The van der Waals surface area contributed by atoms with Gasteiger partial charge in [-0.3, -0.25) is 4.79 Å². The largest absolute Gasteiger partial charge is 0.481 e. The van der Waals surface area contributed by atoms with Gasteiger partial charge in [-0.05, 0) is 13.0 Å². The van der Waals surface area contributed by atoms with Crippen molar-refractivity contribution in [3.63, 3.8) is 0 Å². The van der Waals surface area contributed by atoms with E-state index < -0.39 is 5.97 Å². The van der Waals surface area contributed by atoms with Gasteiger partial charge in [-0.25, -0.2) is 0 Å². The number of rotatable bonds is 6. The van der Waals surface area contributed by atoms with Gasteiger partial charge >= 0.3 is 5.97 Å². The van der Waals surface area contributed by atoms with Crippen LogP contribution in [-0.4, -0.2) is 46.7 Å². The highest BCUT2D eigenvalue weighted by molar-refractivity contribution is 8.06. The first-order valence-electron chi connectivity index (χ1n) is 4.91. The second-order valence-corrected chi connectivity index (χ2v) is 5.83. The number of hydrogen-bond acceptors (Lipinski definition) is 4. The van der Waals surface area contributed by atoms with Crippen LogP contribution in [0.3, 0.4) is 0 Å². The van der Waals surface area contributed by atoms with Crippen molar-refractivity contribution in [1.29, 1.82) is 0 Å². The number of carboxylic acids is 1. The second kappa shape index (κ2) is 7.43. The summed E-state index contributed by atoms with van der Waals surface area (Å²) in [6.45, 7) is 1.85. The zero-order valence-corrected chi connectivity index (χ0v) is 9.83. The predicted octanol–water partition coefficient (Wildman–Crippen LogP) is 1.29. The molecule has 0 aliphatic carbocycles. The lowest BCUT2D eigenvalue weighted by Crippen LogP contribution is -2.29. The smallest absolute Gasteiger partial charge is 0.303 e. The Morgan fingerprint density at radius 3 is 3.00 bits per heavy atom. The van der Waals surface area contributed by atoms with Crippen molar-refractivity contribution < 1.29 is 9.90 Å². The average Bonchev–Trinajstić information content (AvgIpc) is 2.18. The first kappa shape index (κ1) is 12.2. The SMILES string of the molecule is O=C(O)CCCNCC1CSCCS1. The maximum atomic E-state index is 10.2. The lowest BCUT2D eigenvalue weighted by Gasteiger charge is -2.21. The van der Waals surface area contributed by atoms with E-state index in [1.807, 2.05) is 23.5 Å². The molecule has 0 radical (unpaired) electrons. The Bertz CT molecular complexity index is 172. The van der Waals surface area contributed by atoms with Gasteiger partial charge in [0.1, 0.15) is 0 Å². The minimum Gasteiger partial charge on any atom is -0.481 e. The minimum atomic E-state index is -0.700. The predicted molar refractivity (Wildman–Crippen MR) is 63.3 cm³/mol. The minimum absolute atomic E-state index is 0.277. The highest BCUT2D eigenvalue weighted by Gasteiger charge is 2.13. The summed E-state index contributed by atoms with van der Waals surface area (Å²) in [6.07, 6.45) is 1.01. The molecule has 1 heterocycles. The van der Waals surface area contributed by atoms with Gasteiger partial charge in [-0.1, -0.05) is 0 Å². The molecule has 1 saturated heterocycles. The summed E-state index contributed by atoms with van der Waals surface area (Å²) >= 11 is 4.04. The highest BCUT2D eigenvalue weighted by atomic mass is 32.2. The first-order chi connectivity index (χ1) is 6.79. The van der Waals surface area contributed by atoms with Crippen molar-refractivity contribution in [3.8, 4) is 0 Å². The van der Waals surface area contributed by atoms with E-state index in [4.69, 9.17) is 5.11 Å². The monoisotopic (exact) mass is 235 g/mol. The number of hydrogen-bond donors (Lipinski definition) is 2. The molecule has 0 aromatic carbocycles. The molecule has 1 atom stereocenters. The van der Waals surface area contributed by atoms with Gasteiger partial charge in [0.25, 0.3) is 0 Å². The Labute approximate surface area is 93.4 Å². The normalized spacial score (nSPS) is 22.1. The molecule has 1 rings (SSSR count). The molecule has 0 amide bonds. The first-order valence-corrected chi connectivity index (χ1v) is 7.11. The Morgan fingerprint density at radius 1 is 1.50 bits per heavy atom. The summed E-state index contributed by atoms with van der Waals surface area (Å²) in [5.41, 5.74) is 0. The van der Waals surface area contributed by atoms with E-state index in [-0.39, 0.29) is 6.42 Å². The van der Waals surface area contributed by atoms with Crippen LogP contribution >= 0.6 is 23.5 Å². The van der Waals surface area contributed by atoms with Crippen LogP contribution in [-0.2, 0) is 4.79 Å². The molecule has 1 aliphatic heterocycles. The molecule has 0 aromatic heterocycles. The summed E-state index contributed by atoms with van der Waals surface area (Å²) in [5, 5.41) is 12.5. The fourth-order valence-corrected chi connectivity index (χ4v) is 3.93. The van der Waals surface area contributed by atoms with E-state index in [0.717, 1.165) is 24.8 Å². The molecule has 1 aliphatic rings. The van der Waals surface area contributed by atoms with Crippen LogP contribution < -0.4 is 5.32 Å². The van der Waals surface area contributed by atoms with E-state index in [1.54, 1.807) is 0 Å². The summed E-state index contributed by atoms with van der Waals surface area (Å²) in [6, 6.07) is 0. The Kier molecular flexibility index (Phi) is 6.47. The highest BCUT2D eigenvalue weighted by Crippen LogP contribution is 2.23. The molecule has 2 N–H and O–H groups in total. The fourth-order valence-electron chi connectivity index (χ4n) is 1.28. The van der Waals surface area contributed by atoms with Crippen LogP contribution in [0.1, 0.15) is 12.8 Å². The third-order valence-electron chi connectivity index (χ3n) is 2.00. The fraction of sp³-hybridized carbons (Fsp3) is 0.889. The zero-order valence-electron chi connectivity index (χ0n) is 8.20. The Morgan fingerprint density at radius 2 is 2.36 bits per heavy atom. The van der Waals surface area contributed by atoms with Crippen molar-refractivity contribution in [3.05, 3.63) is 0 Å². The molecule has 3 nitrogen and oxygen atoms in total. The average molecular weight is 235 g/mol. The lowest BCUT2D eigenvalue weighted by atomic mass is 10.3. The molecular weight excluding hydrogens is 218 g/mol. The van der Waals surface area contributed by atoms with E-state index in [1.165, 1.54) is 17.3 Å². The summed E-state index contributed by atoms with van der Waals surface area (Å²) in [4.78, 5) is 10.2. The van der Waals surface area contributed by atoms with Crippen LogP contribution in [0.25, 0.3) is 0 Å². The molecule has 0 bridgehead atoms. The summed E-state index contributed by atoms with van der Waals surface area (Å²) in [5.74, 6) is 3.07. The summed E-state index contributed by atoms with van der Waals surface area (Å²) < 4.78 is 0. The van der Waals surface area contributed by atoms with Gasteiger partial charge in [-0.2, -0.15) is 23.5 Å². The van der Waals surface area contributed by atoms with Crippen LogP contribution in [0.2, 0.25) is 0 Å². The van der Waals surface area contributed by atoms with Gasteiger partial charge in [-0.15, -0.1) is 0 Å². The Hall–Kier alpha value is 0.130. The number of aliphatic carboxylic acids is 1. The summed E-state index contributed by atoms with van der Waals surface area (Å²) in [7, 11) is 0. The van der Waals surface area contributed by atoms with Crippen LogP contribution in [0.4, 0.5) is 0 Å². The third kappa shape index (κ3) is 5.78. The molecular formula is C9H17NO2S2. The zero-order chi connectivity index (χ0) is 10.2. The molecule has 1 fully saturated rings. The number of carbonyl (C=O) groups is 1. The molecule has 1 unspecified atom stereocenters. The molecule has 0 spiro atoms. The van der Waals surface area contributed by atoms with E-state index in [9.17, 15) is 4.79 Å². The van der Waals surface area contributed by atoms with Crippen molar-refractivity contribution in [2.45, 2.75) is 18.1 Å². The van der Waals surface area contributed by atoms with Crippen molar-refractivity contribution in [2.75, 3.05) is 30.3 Å². The number of carboxylic acid groups (broad SMARTS) is 1. The quantitative estimate of drug-likeness (QED) is 0.679. The molecule has 5 heteroatoms. The maximum Gasteiger partial charge on any atom is 0.303 e. The number of nitrogens with one attached hydrogen (secondary N) is 1. The molecule has 0 aromatic rings. The van der Waals surface area contributed by atoms with E-state index in [2.05, 4.69) is 5.32 Å².